The van der Waals surface area contributed by atoms with Crippen molar-refractivity contribution in [2.75, 3.05) is 12.3 Å². The minimum atomic E-state index is -0.319. The Morgan fingerprint density at radius 1 is 1.24 bits per heavy atom. The van der Waals surface area contributed by atoms with E-state index in [1.807, 2.05) is 43.3 Å². The van der Waals surface area contributed by atoms with Crippen LogP contribution in [0, 0.1) is 6.92 Å². The Morgan fingerprint density at radius 2 is 1.95 bits per heavy atom. The second-order valence-corrected chi connectivity index (χ2v) is 5.12. The molecular weight excluding hydrogens is 264 g/mol. The second-order valence-electron chi connectivity index (χ2n) is 5.12. The Labute approximate surface area is 124 Å². The molecule has 4 nitrogen and oxygen atoms in total. The van der Waals surface area contributed by atoms with Gasteiger partial charge >= 0.3 is 0 Å². The van der Waals surface area contributed by atoms with Crippen molar-refractivity contribution in [2.45, 2.75) is 19.4 Å². The van der Waals surface area contributed by atoms with Crippen LogP contribution in [-0.4, -0.2) is 23.7 Å². The smallest absolute Gasteiger partial charge is 0.251 e. The zero-order valence-corrected chi connectivity index (χ0v) is 12.0. The van der Waals surface area contributed by atoms with Gasteiger partial charge in [-0.15, -0.1) is 0 Å². The van der Waals surface area contributed by atoms with Crippen molar-refractivity contribution in [1.29, 1.82) is 0 Å². The quantitative estimate of drug-likeness (QED) is 0.734. The average molecular weight is 284 g/mol. The number of carbonyl (C=O) groups is 1. The molecule has 0 spiro atoms. The van der Waals surface area contributed by atoms with Crippen LogP contribution < -0.4 is 11.1 Å². The molecule has 110 valence electrons. The van der Waals surface area contributed by atoms with Crippen LogP contribution in [0.2, 0.25) is 0 Å². The molecule has 2 aromatic carbocycles. The molecule has 2 rings (SSSR count). The van der Waals surface area contributed by atoms with Crippen LogP contribution in [0.1, 0.15) is 21.5 Å². The van der Waals surface area contributed by atoms with E-state index in [2.05, 4.69) is 5.32 Å². The molecule has 0 saturated heterocycles. The highest BCUT2D eigenvalue weighted by atomic mass is 16.3. The average Bonchev–Trinajstić information content (AvgIpc) is 2.50. The van der Waals surface area contributed by atoms with Gasteiger partial charge in [-0.05, 0) is 36.6 Å². The number of aliphatic hydroxyl groups excluding tert-OH is 1. The highest BCUT2D eigenvalue weighted by Gasteiger charge is 2.15. The van der Waals surface area contributed by atoms with Gasteiger partial charge in [-0.2, -0.15) is 0 Å². The van der Waals surface area contributed by atoms with Crippen molar-refractivity contribution in [2.24, 2.45) is 0 Å². The van der Waals surface area contributed by atoms with E-state index in [0.717, 1.165) is 11.1 Å². The summed E-state index contributed by atoms with van der Waals surface area (Å²) in [6.45, 7) is 1.75. The molecule has 0 aliphatic heterocycles. The minimum absolute atomic E-state index is 0.109. The number of benzene rings is 2. The molecule has 0 aliphatic carbocycles. The maximum atomic E-state index is 12.3. The zero-order valence-electron chi connectivity index (χ0n) is 12.0. The van der Waals surface area contributed by atoms with Gasteiger partial charge in [0.2, 0.25) is 0 Å². The SMILES string of the molecule is Cc1ccc(N)cc1C(=O)N[C@H](CO)Cc1ccccc1. The summed E-state index contributed by atoms with van der Waals surface area (Å²) in [5.74, 6) is -0.213. The Hall–Kier alpha value is -2.33. The molecule has 4 heteroatoms. The molecule has 1 amide bonds. The molecule has 0 saturated carbocycles. The summed E-state index contributed by atoms with van der Waals surface area (Å²) < 4.78 is 0. The first-order valence-electron chi connectivity index (χ1n) is 6.92. The molecule has 0 heterocycles. The highest BCUT2D eigenvalue weighted by Crippen LogP contribution is 2.13. The largest absolute Gasteiger partial charge is 0.399 e. The Kier molecular flexibility index (Phi) is 4.95. The van der Waals surface area contributed by atoms with Crippen molar-refractivity contribution in [3.05, 3.63) is 65.2 Å². The molecule has 1 atom stereocenters. The topological polar surface area (TPSA) is 75.4 Å². The van der Waals surface area contributed by atoms with Crippen LogP contribution in [-0.2, 0) is 6.42 Å². The summed E-state index contributed by atoms with van der Waals surface area (Å²) >= 11 is 0. The first-order valence-corrected chi connectivity index (χ1v) is 6.92. The lowest BCUT2D eigenvalue weighted by molar-refractivity contribution is 0.0916. The van der Waals surface area contributed by atoms with Gasteiger partial charge in [0.1, 0.15) is 0 Å². The number of rotatable bonds is 5. The van der Waals surface area contributed by atoms with E-state index in [4.69, 9.17) is 5.73 Å². The molecule has 21 heavy (non-hydrogen) atoms. The number of carbonyl (C=O) groups excluding carboxylic acids is 1. The summed E-state index contributed by atoms with van der Waals surface area (Å²) in [6, 6.07) is 14.7. The molecule has 0 aromatic heterocycles. The molecule has 0 fully saturated rings. The number of hydrogen-bond acceptors (Lipinski definition) is 3. The predicted molar refractivity (Wildman–Crippen MR) is 84.1 cm³/mol. The standard InChI is InChI=1S/C17H20N2O2/c1-12-7-8-14(18)10-16(12)17(21)19-15(11-20)9-13-5-3-2-4-6-13/h2-8,10,15,20H,9,11,18H2,1H3,(H,19,21)/t15-/m0/s1. The van der Waals surface area contributed by atoms with Gasteiger partial charge in [-0.1, -0.05) is 36.4 Å². The summed E-state index contributed by atoms with van der Waals surface area (Å²) in [5, 5.41) is 12.3. The van der Waals surface area contributed by atoms with Crippen LogP contribution in [0.3, 0.4) is 0 Å². The van der Waals surface area contributed by atoms with Gasteiger partial charge < -0.3 is 16.2 Å². The van der Waals surface area contributed by atoms with Gasteiger partial charge in [-0.3, -0.25) is 4.79 Å². The molecule has 0 unspecified atom stereocenters. The van der Waals surface area contributed by atoms with Crippen molar-refractivity contribution < 1.29 is 9.90 Å². The fourth-order valence-electron chi connectivity index (χ4n) is 2.21. The van der Waals surface area contributed by atoms with Crippen LogP contribution in [0.25, 0.3) is 0 Å². The normalized spacial score (nSPS) is 11.9. The van der Waals surface area contributed by atoms with Crippen LogP contribution >= 0.6 is 0 Å². The van der Waals surface area contributed by atoms with Gasteiger partial charge in [0.15, 0.2) is 0 Å². The van der Waals surface area contributed by atoms with Gasteiger partial charge in [-0.25, -0.2) is 0 Å². The summed E-state index contributed by atoms with van der Waals surface area (Å²) in [4.78, 5) is 12.3. The first-order chi connectivity index (χ1) is 10.1. The third-order valence-corrected chi connectivity index (χ3v) is 3.39. The van der Waals surface area contributed by atoms with Crippen molar-refractivity contribution in [3.63, 3.8) is 0 Å². The van der Waals surface area contributed by atoms with E-state index in [1.165, 1.54) is 0 Å². The van der Waals surface area contributed by atoms with E-state index < -0.39 is 0 Å². The van der Waals surface area contributed by atoms with E-state index in [9.17, 15) is 9.90 Å². The Bertz CT molecular complexity index is 611. The first kappa shape index (κ1) is 15.1. The molecule has 0 aliphatic rings. The monoisotopic (exact) mass is 284 g/mol. The third kappa shape index (κ3) is 4.07. The van der Waals surface area contributed by atoms with Crippen molar-refractivity contribution in [1.82, 2.24) is 5.32 Å². The van der Waals surface area contributed by atoms with E-state index in [1.54, 1.807) is 12.1 Å². The number of aliphatic hydroxyl groups is 1. The van der Waals surface area contributed by atoms with Gasteiger partial charge in [0.05, 0.1) is 12.6 Å². The molecule has 0 radical (unpaired) electrons. The number of nitrogens with one attached hydrogen (secondary N) is 1. The number of hydrogen-bond donors (Lipinski definition) is 3. The fraction of sp³-hybridized carbons (Fsp3) is 0.235. The number of aryl methyl sites for hydroxylation is 1. The number of amides is 1. The van der Waals surface area contributed by atoms with E-state index in [-0.39, 0.29) is 18.6 Å². The maximum Gasteiger partial charge on any atom is 0.251 e. The summed E-state index contributed by atoms with van der Waals surface area (Å²) in [5.41, 5.74) is 8.75. The lowest BCUT2D eigenvalue weighted by atomic mass is 10.0. The predicted octanol–water partition coefficient (Wildman–Crippen LogP) is 1.91. The molecule has 0 bridgehead atoms. The maximum absolute atomic E-state index is 12.3. The Balaban J connectivity index is 2.07. The van der Waals surface area contributed by atoms with E-state index in [0.29, 0.717) is 17.7 Å². The van der Waals surface area contributed by atoms with Crippen molar-refractivity contribution in [3.8, 4) is 0 Å². The number of nitrogen functional groups attached to an aromatic ring is 1. The third-order valence-electron chi connectivity index (χ3n) is 3.39. The molecular formula is C17H20N2O2. The van der Waals surface area contributed by atoms with Crippen LogP contribution in [0.4, 0.5) is 5.69 Å². The minimum Gasteiger partial charge on any atom is -0.399 e. The summed E-state index contributed by atoms with van der Waals surface area (Å²) in [7, 11) is 0. The summed E-state index contributed by atoms with van der Waals surface area (Å²) in [6.07, 6.45) is 0.588. The lowest BCUT2D eigenvalue weighted by Crippen LogP contribution is -2.39. The second kappa shape index (κ2) is 6.90. The highest BCUT2D eigenvalue weighted by molar-refractivity contribution is 5.96. The molecule has 2 aromatic rings. The number of nitrogens with two attached hydrogens (primary N) is 1. The van der Waals surface area contributed by atoms with E-state index >= 15 is 0 Å². The van der Waals surface area contributed by atoms with Gasteiger partial charge in [0.25, 0.3) is 5.91 Å². The lowest BCUT2D eigenvalue weighted by Gasteiger charge is -2.17. The zero-order chi connectivity index (χ0) is 15.2. The van der Waals surface area contributed by atoms with Gasteiger partial charge in [0, 0.05) is 11.3 Å². The number of anilines is 1. The molecule has 4 N–H and O–H groups in total. The Morgan fingerprint density at radius 3 is 2.62 bits per heavy atom. The van der Waals surface area contributed by atoms with Crippen molar-refractivity contribution >= 4 is 11.6 Å². The van der Waals surface area contributed by atoms with Crippen LogP contribution in [0.15, 0.2) is 48.5 Å². The fourth-order valence-corrected chi connectivity index (χ4v) is 2.21. The van der Waals surface area contributed by atoms with Crippen LogP contribution in [0.5, 0.6) is 0 Å².